The minimum atomic E-state index is 0.436. The lowest BCUT2D eigenvalue weighted by Gasteiger charge is -2.07. The molecule has 1 fully saturated rings. The average Bonchev–Trinajstić information content (AvgIpc) is 2.53. The third-order valence-electron chi connectivity index (χ3n) is 2.75. The summed E-state index contributed by atoms with van der Waals surface area (Å²) in [5, 5.41) is 0. The number of ether oxygens (including phenoxy) is 1. The second-order valence-electron chi connectivity index (χ2n) is 3.99. The molecule has 0 radical (unpaired) electrons. The molecule has 0 aliphatic carbocycles. The summed E-state index contributed by atoms with van der Waals surface area (Å²) in [5.74, 6) is 0.621. The molecule has 1 aliphatic heterocycles. The van der Waals surface area contributed by atoms with Crippen molar-refractivity contribution < 1.29 is 4.74 Å². The number of benzene rings is 1. The van der Waals surface area contributed by atoms with Gasteiger partial charge in [0.25, 0.3) is 0 Å². The molecule has 2 rings (SSSR count). The second-order valence-corrected chi connectivity index (χ2v) is 3.99. The molecule has 1 aromatic rings. The monoisotopic (exact) mass is 176 g/mol. The highest BCUT2D eigenvalue weighted by atomic mass is 16.5. The summed E-state index contributed by atoms with van der Waals surface area (Å²) >= 11 is 0. The Morgan fingerprint density at radius 3 is 2.46 bits per heavy atom. The molecule has 0 spiro atoms. The van der Waals surface area contributed by atoms with Gasteiger partial charge in [0, 0.05) is 5.92 Å². The van der Waals surface area contributed by atoms with Crippen molar-refractivity contribution in [1.82, 2.24) is 0 Å². The first kappa shape index (κ1) is 8.76. The van der Waals surface area contributed by atoms with Crippen molar-refractivity contribution in [3.63, 3.8) is 0 Å². The van der Waals surface area contributed by atoms with E-state index in [0.717, 1.165) is 6.61 Å². The number of rotatable bonds is 1. The molecule has 0 amide bonds. The van der Waals surface area contributed by atoms with Gasteiger partial charge in [-0.15, -0.1) is 0 Å². The van der Waals surface area contributed by atoms with E-state index < -0.39 is 0 Å². The number of aryl methyl sites for hydroxylation is 1. The Labute approximate surface area is 79.7 Å². The summed E-state index contributed by atoms with van der Waals surface area (Å²) in [7, 11) is 0. The minimum absolute atomic E-state index is 0.436. The molecule has 0 bridgehead atoms. The van der Waals surface area contributed by atoms with E-state index in [1.807, 2.05) is 0 Å². The third kappa shape index (κ3) is 1.92. The standard InChI is InChI=1S/C12H16O/c1-9-3-5-11(6-4-9)12-7-10(2)13-8-12/h3-6,10,12H,7-8H2,1-2H3/t10-,12-/m1/s1. The molecule has 0 saturated carbocycles. The summed E-state index contributed by atoms with van der Waals surface area (Å²) in [6, 6.07) is 8.80. The first-order chi connectivity index (χ1) is 6.25. The van der Waals surface area contributed by atoms with E-state index in [1.165, 1.54) is 17.5 Å². The highest BCUT2D eigenvalue weighted by molar-refractivity contribution is 5.25. The van der Waals surface area contributed by atoms with E-state index in [4.69, 9.17) is 4.74 Å². The van der Waals surface area contributed by atoms with Crippen LogP contribution in [0.5, 0.6) is 0 Å². The van der Waals surface area contributed by atoms with Crippen LogP contribution in [0.2, 0.25) is 0 Å². The Bertz CT molecular complexity index is 276. The van der Waals surface area contributed by atoms with Crippen LogP contribution in [0.15, 0.2) is 24.3 Å². The molecule has 70 valence electrons. The number of hydrogen-bond donors (Lipinski definition) is 0. The Hall–Kier alpha value is -0.820. The normalized spacial score (nSPS) is 27.8. The molecule has 1 nitrogen and oxygen atoms in total. The van der Waals surface area contributed by atoms with Gasteiger partial charge in [-0.2, -0.15) is 0 Å². The SMILES string of the molecule is Cc1ccc([C@H]2CO[C@H](C)C2)cc1. The van der Waals surface area contributed by atoms with E-state index in [0.29, 0.717) is 12.0 Å². The van der Waals surface area contributed by atoms with Crippen LogP contribution in [-0.4, -0.2) is 12.7 Å². The van der Waals surface area contributed by atoms with Crippen molar-refractivity contribution in [2.45, 2.75) is 32.3 Å². The molecule has 1 saturated heterocycles. The molecule has 1 aliphatic rings. The zero-order valence-electron chi connectivity index (χ0n) is 8.29. The van der Waals surface area contributed by atoms with Gasteiger partial charge in [0.2, 0.25) is 0 Å². The molecule has 1 heterocycles. The molecule has 1 heteroatoms. The lowest BCUT2D eigenvalue weighted by molar-refractivity contribution is 0.123. The predicted octanol–water partition coefficient (Wildman–Crippen LogP) is 2.89. The largest absolute Gasteiger partial charge is 0.378 e. The van der Waals surface area contributed by atoms with E-state index in [9.17, 15) is 0 Å². The second kappa shape index (κ2) is 3.51. The maximum absolute atomic E-state index is 5.55. The van der Waals surface area contributed by atoms with Crippen LogP contribution in [0, 0.1) is 6.92 Å². The Balaban J connectivity index is 2.13. The maximum Gasteiger partial charge on any atom is 0.0554 e. The van der Waals surface area contributed by atoms with E-state index in [1.54, 1.807) is 0 Å². The fraction of sp³-hybridized carbons (Fsp3) is 0.500. The van der Waals surface area contributed by atoms with Crippen molar-refractivity contribution in [2.24, 2.45) is 0 Å². The topological polar surface area (TPSA) is 9.23 Å². The van der Waals surface area contributed by atoms with Crippen LogP contribution in [0.3, 0.4) is 0 Å². The molecule has 0 unspecified atom stereocenters. The fourth-order valence-electron chi connectivity index (χ4n) is 1.89. The Kier molecular flexibility index (Phi) is 2.36. The fourth-order valence-corrected chi connectivity index (χ4v) is 1.89. The van der Waals surface area contributed by atoms with Gasteiger partial charge in [-0.3, -0.25) is 0 Å². The lowest BCUT2D eigenvalue weighted by Crippen LogP contribution is -1.97. The van der Waals surface area contributed by atoms with Crippen LogP contribution in [0.1, 0.15) is 30.4 Å². The summed E-state index contributed by atoms with van der Waals surface area (Å²) in [6.07, 6.45) is 1.61. The van der Waals surface area contributed by atoms with Gasteiger partial charge < -0.3 is 4.74 Å². The first-order valence-electron chi connectivity index (χ1n) is 4.94. The van der Waals surface area contributed by atoms with E-state index >= 15 is 0 Å². The predicted molar refractivity (Wildman–Crippen MR) is 54.0 cm³/mol. The molecule has 1 aromatic carbocycles. The zero-order valence-corrected chi connectivity index (χ0v) is 8.29. The van der Waals surface area contributed by atoms with Crippen LogP contribution in [0.4, 0.5) is 0 Å². The zero-order chi connectivity index (χ0) is 9.26. The van der Waals surface area contributed by atoms with Crippen LogP contribution in [0.25, 0.3) is 0 Å². The van der Waals surface area contributed by atoms with Crippen LogP contribution < -0.4 is 0 Å². The summed E-state index contributed by atoms with van der Waals surface area (Å²) in [6.45, 7) is 5.16. The van der Waals surface area contributed by atoms with Gasteiger partial charge in [0.1, 0.15) is 0 Å². The molecular weight excluding hydrogens is 160 g/mol. The van der Waals surface area contributed by atoms with E-state index in [-0.39, 0.29) is 0 Å². The van der Waals surface area contributed by atoms with Gasteiger partial charge in [-0.25, -0.2) is 0 Å². The molecular formula is C12H16O. The van der Waals surface area contributed by atoms with Crippen molar-refractivity contribution in [3.8, 4) is 0 Å². The maximum atomic E-state index is 5.55. The van der Waals surface area contributed by atoms with Gasteiger partial charge >= 0.3 is 0 Å². The summed E-state index contributed by atoms with van der Waals surface area (Å²) in [5.41, 5.74) is 2.76. The summed E-state index contributed by atoms with van der Waals surface area (Å²) in [4.78, 5) is 0. The van der Waals surface area contributed by atoms with Gasteiger partial charge in [0.05, 0.1) is 12.7 Å². The smallest absolute Gasteiger partial charge is 0.0554 e. The van der Waals surface area contributed by atoms with Gasteiger partial charge in [-0.05, 0) is 25.8 Å². The third-order valence-corrected chi connectivity index (χ3v) is 2.75. The highest BCUT2D eigenvalue weighted by Gasteiger charge is 2.22. The first-order valence-corrected chi connectivity index (χ1v) is 4.94. The molecule has 0 N–H and O–H groups in total. The Morgan fingerprint density at radius 2 is 1.92 bits per heavy atom. The number of hydrogen-bond acceptors (Lipinski definition) is 1. The lowest BCUT2D eigenvalue weighted by atomic mass is 9.96. The quantitative estimate of drug-likeness (QED) is 0.639. The minimum Gasteiger partial charge on any atom is -0.378 e. The van der Waals surface area contributed by atoms with Crippen molar-refractivity contribution in [3.05, 3.63) is 35.4 Å². The van der Waals surface area contributed by atoms with Crippen molar-refractivity contribution >= 4 is 0 Å². The van der Waals surface area contributed by atoms with Crippen LogP contribution >= 0.6 is 0 Å². The molecule has 13 heavy (non-hydrogen) atoms. The van der Waals surface area contributed by atoms with Crippen LogP contribution in [-0.2, 0) is 4.74 Å². The molecule has 2 atom stereocenters. The van der Waals surface area contributed by atoms with E-state index in [2.05, 4.69) is 38.1 Å². The van der Waals surface area contributed by atoms with Crippen molar-refractivity contribution in [2.75, 3.05) is 6.61 Å². The Morgan fingerprint density at radius 1 is 1.23 bits per heavy atom. The average molecular weight is 176 g/mol. The van der Waals surface area contributed by atoms with Crippen molar-refractivity contribution in [1.29, 1.82) is 0 Å². The molecule has 0 aromatic heterocycles. The van der Waals surface area contributed by atoms with Gasteiger partial charge in [-0.1, -0.05) is 29.8 Å². The van der Waals surface area contributed by atoms with Gasteiger partial charge in [0.15, 0.2) is 0 Å². The summed E-state index contributed by atoms with van der Waals surface area (Å²) < 4.78 is 5.55. The highest BCUT2D eigenvalue weighted by Crippen LogP contribution is 2.28.